The van der Waals surface area contributed by atoms with Crippen LogP contribution >= 0.6 is 23.2 Å². The second-order valence-corrected chi connectivity index (χ2v) is 6.36. The molecule has 0 bridgehead atoms. The topological polar surface area (TPSA) is 49.4 Å². The second-order valence-electron chi connectivity index (χ2n) is 5.48. The van der Waals surface area contributed by atoms with Crippen molar-refractivity contribution in [3.05, 3.63) is 28.2 Å². The highest BCUT2D eigenvalue weighted by Crippen LogP contribution is 2.22. The summed E-state index contributed by atoms with van der Waals surface area (Å²) < 4.78 is 0. The Morgan fingerprint density at radius 1 is 1.15 bits per heavy atom. The molecule has 0 spiro atoms. The van der Waals surface area contributed by atoms with Gasteiger partial charge in [0.2, 0.25) is 11.8 Å². The number of halogens is 2. The Kier molecular flexibility index (Phi) is 5.42. The van der Waals surface area contributed by atoms with Gasteiger partial charge in [-0.2, -0.15) is 0 Å². The van der Waals surface area contributed by atoms with E-state index >= 15 is 0 Å². The number of anilines is 1. The summed E-state index contributed by atoms with van der Waals surface area (Å²) in [5, 5.41) is 3.55. The summed E-state index contributed by atoms with van der Waals surface area (Å²) >= 11 is 11.7. The van der Waals surface area contributed by atoms with Crippen LogP contribution in [0, 0.1) is 0 Å². The van der Waals surface area contributed by atoms with Gasteiger partial charge in [0.1, 0.15) is 6.54 Å². The quantitative estimate of drug-likeness (QED) is 0.926. The van der Waals surface area contributed by atoms with E-state index in [-0.39, 0.29) is 18.4 Å². The van der Waals surface area contributed by atoms with Crippen LogP contribution in [0.3, 0.4) is 0 Å². The molecule has 0 aliphatic heterocycles. The Balaban J connectivity index is 2.78. The van der Waals surface area contributed by atoms with Crippen LogP contribution in [-0.4, -0.2) is 28.8 Å². The maximum absolute atomic E-state index is 12.0. The Bertz CT molecular complexity index is 504. The Hall–Kier alpha value is -1.26. The van der Waals surface area contributed by atoms with Gasteiger partial charge in [-0.3, -0.25) is 9.59 Å². The van der Waals surface area contributed by atoms with E-state index in [0.29, 0.717) is 15.7 Å². The standard InChI is InChI=1S/C14H18Cl2N2O2/c1-9(19)18(14(2,3)4)8-13(20)17-12-6-10(15)5-11(16)7-12/h5-7H,8H2,1-4H3,(H,17,20). The smallest absolute Gasteiger partial charge is 0.244 e. The third-order valence-electron chi connectivity index (χ3n) is 2.64. The van der Waals surface area contributed by atoms with E-state index in [1.807, 2.05) is 20.8 Å². The fourth-order valence-electron chi connectivity index (χ4n) is 1.79. The molecule has 0 aromatic heterocycles. The molecular formula is C14H18Cl2N2O2. The third-order valence-corrected chi connectivity index (χ3v) is 3.07. The number of benzene rings is 1. The lowest BCUT2D eigenvalue weighted by molar-refractivity contribution is -0.137. The molecule has 1 aromatic carbocycles. The fraction of sp³-hybridized carbons (Fsp3) is 0.429. The van der Waals surface area contributed by atoms with Crippen LogP contribution in [0.15, 0.2) is 18.2 Å². The van der Waals surface area contributed by atoms with Gasteiger partial charge in [-0.05, 0) is 39.0 Å². The minimum Gasteiger partial charge on any atom is -0.329 e. The summed E-state index contributed by atoms with van der Waals surface area (Å²) in [6.45, 7) is 7.03. The van der Waals surface area contributed by atoms with Crippen molar-refractivity contribution in [2.24, 2.45) is 0 Å². The van der Waals surface area contributed by atoms with Crippen LogP contribution in [0.4, 0.5) is 5.69 Å². The molecular weight excluding hydrogens is 299 g/mol. The van der Waals surface area contributed by atoms with Crippen LogP contribution in [0.25, 0.3) is 0 Å². The first kappa shape index (κ1) is 16.8. The van der Waals surface area contributed by atoms with Crippen molar-refractivity contribution in [2.45, 2.75) is 33.2 Å². The lowest BCUT2D eigenvalue weighted by atomic mass is 10.1. The van der Waals surface area contributed by atoms with E-state index in [1.54, 1.807) is 18.2 Å². The Labute approximate surface area is 129 Å². The monoisotopic (exact) mass is 316 g/mol. The normalized spacial score (nSPS) is 11.1. The van der Waals surface area contributed by atoms with Gasteiger partial charge in [0.05, 0.1) is 0 Å². The van der Waals surface area contributed by atoms with Gasteiger partial charge in [0.25, 0.3) is 0 Å². The molecule has 6 heteroatoms. The van der Waals surface area contributed by atoms with Crippen LogP contribution in [0.1, 0.15) is 27.7 Å². The summed E-state index contributed by atoms with van der Waals surface area (Å²) in [5.74, 6) is -0.453. The number of nitrogens with one attached hydrogen (secondary N) is 1. The average molecular weight is 317 g/mol. The first-order valence-corrected chi connectivity index (χ1v) is 6.89. The highest BCUT2D eigenvalue weighted by atomic mass is 35.5. The number of hydrogen-bond donors (Lipinski definition) is 1. The predicted octanol–water partition coefficient (Wildman–Crippen LogP) is 3.58. The number of rotatable bonds is 3. The molecule has 0 heterocycles. The van der Waals surface area contributed by atoms with E-state index in [1.165, 1.54) is 11.8 Å². The Morgan fingerprint density at radius 3 is 2.05 bits per heavy atom. The van der Waals surface area contributed by atoms with Gasteiger partial charge < -0.3 is 10.2 Å². The maximum atomic E-state index is 12.0. The summed E-state index contributed by atoms with van der Waals surface area (Å²) in [7, 11) is 0. The molecule has 20 heavy (non-hydrogen) atoms. The number of hydrogen-bond acceptors (Lipinski definition) is 2. The second kappa shape index (κ2) is 6.46. The molecule has 110 valence electrons. The molecule has 0 aliphatic rings. The van der Waals surface area contributed by atoms with Crippen molar-refractivity contribution in [2.75, 3.05) is 11.9 Å². The summed E-state index contributed by atoms with van der Waals surface area (Å²) in [6.07, 6.45) is 0. The molecule has 0 atom stereocenters. The number of nitrogens with zero attached hydrogens (tertiary/aromatic N) is 1. The van der Waals surface area contributed by atoms with Crippen LogP contribution < -0.4 is 5.32 Å². The van der Waals surface area contributed by atoms with Gasteiger partial charge in [-0.25, -0.2) is 0 Å². The molecule has 1 rings (SSSR count). The lowest BCUT2D eigenvalue weighted by Gasteiger charge is -2.34. The van der Waals surface area contributed by atoms with Crippen LogP contribution in [-0.2, 0) is 9.59 Å². The van der Waals surface area contributed by atoms with Crippen molar-refractivity contribution in [1.82, 2.24) is 4.90 Å². The number of carbonyl (C=O) groups is 2. The maximum Gasteiger partial charge on any atom is 0.244 e. The minimum atomic E-state index is -0.421. The number of amides is 2. The first-order valence-electron chi connectivity index (χ1n) is 6.14. The van der Waals surface area contributed by atoms with Crippen molar-refractivity contribution in [1.29, 1.82) is 0 Å². The van der Waals surface area contributed by atoms with Crippen molar-refractivity contribution >= 4 is 40.7 Å². The largest absolute Gasteiger partial charge is 0.329 e. The molecule has 0 saturated heterocycles. The summed E-state index contributed by atoms with van der Waals surface area (Å²) in [5.41, 5.74) is 0.0831. The van der Waals surface area contributed by atoms with Crippen molar-refractivity contribution < 1.29 is 9.59 Å². The SMILES string of the molecule is CC(=O)N(CC(=O)Nc1cc(Cl)cc(Cl)c1)C(C)(C)C. The molecule has 4 nitrogen and oxygen atoms in total. The Morgan fingerprint density at radius 2 is 1.65 bits per heavy atom. The van der Waals surface area contributed by atoms with E-state index in [0.717, 1.165) is 0 Å². The molecule has 0 saturated carbocycles. The molecule has 0 aliphatic carbocycles. The lowest BCUT2D eigenvalue weighted by Crippen LogP contribution is -2.48. The minimum absolute atomic E-state index is 0.0248. The third kappa shape index (κ3) is 5.02. The van der Waals surface area contributed by atoms with Crippen LogP contribution in [0.2, 0.25) is 10.0 Å². The van der Waals surface area contributed by atoms with E-state index in [9.17, 15) is 9.59 Å². The van der Waals surface area contributed by atoms with Gasteiger partial charge in [0.15, 0.2) is 0 Å². The highest BCUT2D eigenvalue weighted by molar-refractivity contribution is 6.35. The van der Waals surface area contributed by atoms with Crippen molar-refractivity contribution in [3.63, 3.8) is 0 Å². The molecule has 1 aromatic rings. The zero-order valence-corrected chi connectivity index (χ0v) is 13.5. The first-order chi connectivity index (χ1) is 9.09. The van der Waals surface area contributed by atoms with Crippen molar-refractivity contribution in [3.8, 4) is 0 Å². The van der Waals surface area contributed by atoms with E-state index in [2.05, 4.69) is 5.32 Å². The molecule has 2 amide bonds. The molecule has 0 radical (unpaired) electrons. The van der Waals surface area contributed by atoms with Gasteiger partial charge in [0, 0.05) is 28.2 Å². The predicted molar refractivity (Wildman–Crippen MR) is 82.2 cm³/mol. The van der Waals surface area contributed by atoms with E-state index < -0.39 is 5.54 Å². The molecule has 0 unspecified atom stereocenters. The van der Waals surface area contributed by atoms with Gasteiger partial charge >= 0.3 is 0 Å². The van der Waals surface area contributed by atoms with Crippen LogP contribution in [0.5, 0.6) is 0 Å². The zero-order chi connectivity index (χ0) is 15.5. The molecule has 0 fully saturated rings. The zero-order valence-electron chi connectivity index (χ0n) is 12.0. The molecule has 1 N–H and O–H groups in total. The summed E-state index contributed by atoms with van der Waals surface area (Å²) in [6, 6.07) is 4.77. The fourth-order valence-corrected chi connectivity index (χ4v) is 2.32. The summed E-state index contributed by atoms with van der Waals surface area (Å²) in [4.78, 5) is 25.1. The van der Waals surface area contributed by atoms with E-state index in [4.69, 9.17) is 23.2 Å². The number of carbonyl (C=O) groups excluding carboxylic acids is 2. The average Bonchev–Trinajstić information content (AvgIpc) is 2.22. The highest BCUT2D eigenvalue weighted by Gasteiger charge is 2.25. The van der Waals surface area contributed by atoms with Gasteiger partial charge in [-0.1, -0.05) is 23.2 Å². The van der Waals surface area contributed by atoms with Gasteiger partial charge in [-0.15, -0.1) is 0 Å².